The van der Waals surface area contributed by atoms with Crippen LogP contribution in [0.4, 0.5) is 25.8 Å². The number of rotatable bonds is 5. The second kappa shape index (κ2) is 10.4. The van der Waals surface area contributed by atoms with Gasteiger partial charge in [0.05, 0.1) is 4.70 Å². The normalized spacial score (nSPS) is 10.9. The average molecular weight is 558 g/mol. The van der Waals surface area contributed by atoms with Gasteiger partial charge in [-0.25, -0.2) is 8.78 Å². The van der Waals surface area contributed by atoms with Gasteiger partial charge < -0.3 is 9.32 Å². The summed E-state index contributed by atoms with van der Waals surface area (Å²) in [5.41, 5.74) is 6.87. The molecule has 198 valence electrons. The molecule has 0 atom stereocenters. The van der Waals surface area contributed by atoms with Gasteiger partial charge in [0.2, 0.25) is 0 Å². The third-order valence-electron chi connectivity index (χ3n) is 6.97. The monoisotopic (exact) mass is 557 g/mol. The van der Waals surface area contributed by atoms with Crippen molar-refractivity contribution in [2.45, 2.75) is 13.8 Å². The number of thiophene rings is 1. The molecule has 0 aliphatic heterocycles. The summed E-state index contributed by atoms with van der Waals surface area (Å²) in [6, 6.07) is 28.3. The van der Waals surface area contributed by atoms with Crippen LogP contribution in [0.25, 0.3) is 37.8 Å². The molecule has 0 unspecified atom stereocenters. The Morgan fingerprint density at radius 3 is 1.98 bits per heavy atom. The molecule has 0 bridgehead atoms. The highest BCUT2D eigenvalue weighted by Crippen LogP contribution is 2.43. The maximum Gasteiger partial charge on any atom is 0.153 e. The molecule has 2 heterocycles. The Balaban J connectivity index is 1.41. The number of fused-ring (bicyclic) bond motifs is 3. The molecule has 2 aromatic heterocycles. The fourth-order valence-electron chi connectivity index (χ4n) is 4.94. The molecule has 0 N–H and O–H groups in total. The zero-order valence-corrected chi connectivity index (χ0v) is 22.9. The zero-order chi connectivity index (χ0) is 28.7. The summed E-state index contributed by atoms with van der Waals surface area (Å²) < 4.78 is 35.8. The van der Waals surface area contributed by atoms with E-state index in [1.54, 1.807) is 41.7 Å². The Hall–Kier alpha value is -5.24. The standard InChI is InChI=1S/C34H21F2N3OS/c1-20-14-30(21(2)13-23(20)15-22(18-37)19-38)31-17-33-34(40-31)29-12-11-28(16-32(29)41-33)39(26-7-3-24(35)4-8-26)27-9-5-25(36)6-10-27/h3-17H,1-2H3. The molecule has 0 aliphatic rings. The highest BCUT2D eigenvalue weighted by atomic mass is 32.1. The van der Waals surface area contributed by atoms with E-state index in [0.29, 0.717) is 0 Å². The first-order valence-corrected chi connectivity index (χ1v) is 13.6. The first-order chi connectivity index (χ1) is 19.8. The molecular formula is C34H21F2N3OS. The van der Waals surface area contributed by atoms with E-state index >= 15 is 0 Å². The number of anilines is 3. The van der Waals surface area contributed by atoms with Crippen LogP contribution in [-0.4, -0.2) is 0 Å². The molecule has 0 spiro atoms. The lowest BCUT2D eigenvalue weighted by Crippen LogP contribution is -2.09. The van der Waals surface area contributed by atoms with E-state index in [0.717, 1.165) is 65.4 Å². The van der Waals surface area contributed by atoms with Gasteiger partial charge in [-0.05, 0) is 109 Å². The van der Waals surface area contributed by atoms with Gasteiger partial charge in [0, 0.05) is 38.8 Å². The van der Waals surface area contributed by atoms with Crippen molar-refractivity contribution >= 4 is 54.8 Å². The first kappa shape index (κ1) is 26.0. The molecule has 6 aromatic rings. The Morgan fingerprint density at radius 1 is 0.756 bits per heavy atom. The molecule has 0 aliphatic carbocycles. The number of benzene rings is 4. The third-order valence-corrected chi connectivity index (χ3v) is 8.06. The number of hydrogen-bond acceptors (Lipinski definition) is 5. The van der Waals surface area contributed by atoms with E-state index in [-0.39, 0.29) is 17.2 Å². The molecule has 0 saturated heterocycles. The van der Waals surface area contributed by atoms with Crippen molar-refractivity contribution in [2.24, 2.45) is 0 Å². The number of furan rings is 1. The van der Waals surface area contributed by atoms with E-state index < -0.39 is 0 Å². The minimum absolute atomic E-state index is 0.0574. The quantitative estimate of drug-likeness (QED) is 0.198. The van der Waals surface area contributed by atoms with Crippen LogP contribution in [0.5, 0.6) is 0 Å². The molecule has 0 saturated carbocycles. The van der Waals surface area contributed by atoms with Crippen LogP contribution in [0.15, 0.2) is 94.9 Å². The van der Waals surface area contributed by atoms with Crippen molar-refractivity contribution in [1.29, 1.82) is 10.5 Å². The van der Waals surface area contributed by atoms with Gasteiger partial charge in [-0.15, -0.1) is 11.3 Å². The van der Waals surface area contributed by atoms with E-state index in [9.17, 15) is 8.78 Å². The van der Waals surface area contributed by atoms with Crippen molar-refractivity contribution in [1.82, 2.24) is 0 Å². The molecule has 0 radical (unpaired) electrons. The van der Waals surface area contributed by atoms with Crippen LogP contribution in [0.3, 0.4) is 0 Å². The average Bonchev–Trinajstić information content (AvgIpc) is 3.53. The minimum atomic E-state index is -0.330. The molecular weight excluding hydrogens is 536 g/mol. The Morgan fingerprint density at radius 2 is 1.37 bits per heavy atom. The van der Waals surface area contributed by atoms with Crippen molar-refractivity contribution in [3.63, 3.8) is 0 Å². The molecule has 4 nitrogen and oxygen atoms in total. The van der Waals surface area contributed by atoms with E-state index in [1.165, 1.54) is 24.3 Å². The molecule has 4 aromatic carbocycles. The molecule has 41 heavy (non-hydrogen) atoms. The van der Waals surface area contributed by atoms with Crippen LogP contribution in [-0.2, 0) is 0 Å². The van der Waals surface area contributed by atoms with E-state index in [1.807, 2.05) is 61.2 Å². The van der Waals surface area contributed by atoms with Gasteiger partial charge in [-0.2, -0.15) is 10.5 Å². The van der Waals surface area contributed by atoms with Gasteiger partial charge in [-0.1, -0.05) is 6.07 Å². The number of nitrogens with zero attached hydrogens (tertiary/aromatic N) is 3. The Bertz CT molecular complexity index is 2000. The number of nitriles is 2. The number of aryl methyl sites for hydroxylation is 2. The summed E-state index contributed by atoms with van der Waals surface area (Å²) in [5.74, 6) is 0.0833. The predicted octanol–water partition coefficient (Wildman–Crippen LogP) is 10.1. The van der Waals surface area contributed by atoms with Crippen molar-refractivity contribution in [3.05, 3.63) is 119 Å². The predicted molar refractivity (Wildman–Crippen MR) is 160 cm³/mol. The maximum atomic E-state index is 13.7. The van der Waals surface area contributed by atoms with Gasteiger partial charge in [0.15, 0.2) is 5.58 Å². The van der Waals surface area contributed by atoms with Crippen LogP contribution in [0.2, 0.25) is 0 Å². The highest BCUT2D eigenvalue weighted by Gasteiger charge is 2.18. The lowest BCUT2D eigenvalue weighted by Gasteiger charge is -2.25. The van der Waals surface area contributed by atoms with Crippen LogP contribution < -0.4 is 4.90 Å². The van der Waals surface area contributed by atoms with E-state index in [2.05, 4.69) is 6.07 Å². The minimum Gasteiger partial charge on any atom is -0.454 e. The third kappa shape index (κ3) is 4.84. The summed E-state index contributed by atoms with van der Waals surface area (Å²) in [7, 11) is 0. The van der Waals surface area contributed by atoms with Gasteiger partial charge in [0.25, 0.3) is 0 Å². The smallest absolute Gasteiger partial charge is 0.153 e. The summed E-state index contributed by atoms with van der Waals surface area (Å²) in [6.07, 6.45) is 1.60. The first-order valence-electron chi connectivity index (χ1n) is 12.8. The lowest BCUT2D eigenvalue weighted by atomic mass is 9.97. The maximum absolute atomic E-state index is 13.7. The largest absolute Gasteiger partial charge is 0.454 e. The number of hydrogen-bond donors (Lipinski definition) is 0. The summed E-state index contributed by atoms with van der Waals surface area (Å²) in [6.45, 7) is 3.92. The van der Waals surface area contributed by atoms with Gasteiger partial charge >= 0.3 is 0 Å². The highest BCUT2D eigenvalue weighted by molar-refractivity contribution is 7.25. The van der Waals surface area contributed by atoms with E-state index in [4.69, 9.17) is 14.9 Å². The van der Waals surface area contributed by atoms with Gasteiger partial charge in [-0.3, -0.25) is 0 Å². The summed E-state index contributed by atoms with van der Waals surface area (Å²) in [5, 5.41) is 19.2. The van der Waals surface area contributed by atoms with Crippen LogP contribution in [0, 0.1) is 48.1 Å². The molecule has 0 fully saturated rings. The second-order valence-electron chi connectivity index (χ2n) is 9.68. The fourth-order valence-corrected chi connectivity index (χ4v) is 6.04. The number of halogens is 2. The lowest BCUT2D eigenvalue weighted by molar-refractivity contribution is 0.628. The molecule has 6 rings (SSSR count). The summed E-state index contributed by atoms with van der Waals surface area (Å²) >= 11 is 1.61. The Kier molecular flexibility index (Phi) is 6.59. The summed E-state index contributed by atoms with van der Waals surface area (Å²) in [4.78, 5) is 1.96. The molecule has 7 heteroatoms. The SMILES string of the molecule is Cc1cc(-c2cc3sc4cc(N(c5ccc(F)cc5)c5ccc(F)cc5)ccc4c3o2)c(C)cc1C=C(C#N)C#N. The van der Waals surface area contributed by atoms with Crippen molar-refractivity contribution in [2.75, 3.05) is 4.90 Å². The zero-order valence-electron chi connectivity index (χ0n) is 22.1. The van der Waals surface area contributed by atoms with Crippen molar-refractivity contribution in [3.8, 4) is 23.5 Å². The van der Waals surface area contributed by atoms with Gasteiger partial charge in [0.1, 0.15) is 35.1 Å². The topological polar surface area (TPSA) is 64.0 Å². The van der Waals surface area contributed by atoms with Crippen LogP contribution >= 0.6 is 11.3 Å². The van der Waals surface area contributed by atoms with Crippen LogP contribution in [0.1, 0.15) is 16.7 Å². The Labute approximate surface area is 239 Å². The fraction of sp³-hybridized carbons (Fsp3) is 0.0588. The second-order valence-corrected chi connectivity index (χ2v) is 10.8. The number of allylic oxidation sites excluding steroid dienone is 1. The van der Waals surface area contributed by atoms with Crippen molar-refractivity contribution < 1.29 is 13.2 Å². The molecule has 0 amide bonds.